The number of esters is 1. The molecule has 0 saturated carbocycles. The van der Waals surface area contributed by atoms with Crippen molar-refractivity contribution >= 4 is 23.5 Å². The first-order valence-corrected chi connectivity index (χ1v) is 4.72. The molecule has 0 aliphatic heterocycles. The van der Waals surface area contributed by atoms with Crippen LogP contribution in [0.4, 0.5) is 0 Å². The molecule has 0 bridgehead atoms. The van der Waals surface area contributed by atoms with E-state index >= 15 is 0 Å². The highest BCUT2D eigenvalue weighted by atomic mass is 35.5. The van der Waals surface area contributed by atoms with Gasteiger partial charge in [0.15, 0.2) is 0 Å². The van der Waals surface area contributed by atoms with Gasteiger partial charge in [0, 0.05) is 18.8 Å². The highest BCUT2D eigenvalue weighted by Gasteiger charge is 2.03. The number of alkyl halides is 1. The molecule has 1 N–H and O–H groups in total. The van der Waals surface area contributed by atoms with E-state index in [9.17, 15) is 9.59 Å². The van der Waals surface area contributed by atoms with Crippen LogP contribution in [0.15, 0.2) is 0 Å². The smallest absolute Gasteiger partial charge is 0.307 e. The lowest BCUT2D eigenvalue weighted by molar-refractivity contribution is -0.143. The summed E-state index contributed by atoms with van der Waals surface area (Å²) in [5.41, 5.74) is 0. The minimum absolute atomic E-state index is 0.140. The molecular weight excluding hydrogens is 194 g/mol. The molecular formula is C8H14ClNO3. The fourth-order valence-corrected chi connectivity index (χ4v) is 0.883. The average molecular weight is 208 g/mol. The zero-order chi connectivity index (χ0) is 10.1. The summed E-state index contributed by atoms with van der Waals surface area (Å²) in [7, 11) is 0. The first-order chi connectivity index (χ1) is 6.20. The van der Waals surface area contributed by atoms with E-state index in [-0.39, 0.29) is 24.7 Å². The highest BCUT2D eigenvalue weighted by molar-refractivity contribution is 6.18. The normalized spacial score (nSPS) is 9.38. The van der Waals surface area contributed by atoms with Crippen molar-refractivity contribution in [3.05, 3.63) is 0 Å². The predicted octanol–water partition coefficient (Wildman–Crippen LogP) is 0.685. The molecule has 0 aliphatic carbocycles. The quantitative estimate of drug-likeness (QED) is 0.515. The van der Waals surface area contributed by atoms with Gasteiger partial charge in [0.05, 0.1) is 13.0 Å². The lowest BCUT2D eigenvalue weighted by Gasteiger charge is -2.03. The summed E-state index contributed by atoms with van der Waals surface area (Å²) in [5.74, 6) is -0.140. The van der Waals surface area contributed by atoms with Crippen LogP contribution in [0.3, 0.4) is 0 Å². The van der Waals surface area contributed by atoms with Crippen LogP contribution in [0.1, 0.15) is 19.8 Å². The van der Waals surface area contributed by atoms with Gasteiger partial charge < -0.3 is 10.1 Å². The van der Waals surface area contributed by atoms with E-state index in [0.29, 0.717) is 19.0 Å². The molecule has 0 aromatic carbocycles. The summed E-state index contributed by atoms with van der Waals surface area (Å²) in [6.07, 6.45) is 0.492. The van der Waals surface area contributed by atoms with Crippen LogP contribution in [0.5, 0.6) is 0 Å². The lowest BCUT2D eigenvalue weighted by atomic mass is 10.4. The fourth-order valence-electron chi connectivity index (χ4n) is 0.711. The number of halogens is 1. The molecule has 0 aromatic heterocycles. The average Bonchev–Trinajstić information content (AvgIpc) is 2.05. The summed E-state index contributed by atoms with van der Waals surface area (Å²) in [6.45, 7) is 2.42. The summed E-state index contributed by atoms with van der Waals surface area (Å²) in [6, 6.07) is 0. The SMILES string of the molecule is CCOC(=O)CCNC(=O)CCCl. The van der Waals surface area contributed by atoms with Gasteiger partial charge in [0.25, 0.3) is 0 Å². The molecule has 0 aliphatic rings. The molecule has 1 amide bonds. The van der Waals surface area contributed by atoms with Crippen molar-refractivity contribution in [2.75, 3.05) is 19.0 Å². The first kappa shape index (κ1) is 12.2. The minimum Gasteiger partial charge on any atom is -0.466 e. The Morgan fingerprint density at radius 1 is 1.38 bits per heavy atom. The highest BCUT2D eigenvalue weighted by Crippen LogP contribution is 1.87. The van der Waals surface area contributed by atoms with E-state index in [1.54, 1.807) is 6.92 Å². The fraction of sp³-hybridized carbons (Fsp3) is 0.750. The molecule has 76 valence electrons. The predicted molar refractivity (Wildman–Crippen MR) is 49.6 cm³/mol. The standard InChI is InChI=1S/C8H14ClNO3/c1-2-13-8(12)4-6-10-7(11)3-5-9/h2-6H2,1H3,(H,10,11). The third-order valence-corrected chi connectivity index (χ3v) is 1.47. The third-order valence-electron chi connectivity index (χ3n) is 1.28. The Morgan fingerprint density at radius 2 is 2.08 bits per heavy atom. The van der Waals surface area contributed by atoms with Crippen molar-refractivity contribution < 1.29 is 14.3 Å². The lowest BCUT2D eigenvalue weighted by Crippen LogP contribution is -2.26. The number of carbonyl (C=O) groups is 2. The van der Waals surface area contributed by atoms with Crippen LogP contribution < -0.4 is 5.32 Å². The third kappa shape index (κ3) is 7.59. The maximum absolute atomic E-state index is 10.8. The van der Waals surface area contributed by atoms with E-state index < -0.39 is 0 Å². The summed E-state index contributed by atoms with van der Waals surface area (Å²) < 4.78 is 4.67. The monoisotopic (exact) mass is 207 g/mol. The summed E-state index contributed by atoms with van der Waals surface area (Å²) in [5, 5.41) is 2.55. The van der Waals surface area contributed by atoms with E-state index in [1.165, 1.54) is 0 Å². The molecule has 0 heterocycles. The molecule has 0 spiro atoms. The Balaban J connectivity index is 3.33. The molecule has 0 saturated heterocycles. The second-order valence-corrected chi connectivity index (χ2v) is 2.72. The second kappa shape index (κ2) is 7.86. The van der Waals surface area contributed by atoms with E-state index in [0.717, 1.165) is 0 Å². The van der Waals surface area contributed by atoms with Gasteiger partial charge in [0.2, 0.25) is 5.91 Å². The van der Waals surface area contributed by atoms with Crippen molar-refractivity contribution in [1.82, 2.24) is 5.32 Å². The zero-order valence-corrected chi connectivity index (χ0v) is 8.39. The molecule has 0 unspecified atom stereocenters. The van der Waals surface area contributed by atoms with Crippen molar-refractivity contribution in [1.29, 1.82) is 0 Å². The Hall–Kier alpha value is -0.770. The number of carbonyl (C=O) groups excluding carboxylic acids is 2. The van der Waals surface area contributed by atoms with Crippen molar-refractivity contribution in [2.45, 2.75) is 19.8 Å². The van der Waals surface area contributed by atoms with Crippen LogP contribution in [0, 0.1) is 0 Å². The molecule has 0 aromatic rings. The molecule has 0 atom stereocenters. The van der Waals surface area contributed by atoms with Crippen molar-refractivity contribution in [3.63, 3.8) is 0 Å². The van der Waals surface area contributed by atoms with Crippen molar-refractivity contribution in [2.24, 2.45) is 0 Å². The molecule has 0 rings (SSSR count). The molecule has 13 heavy (non-hydrogen) atoms. The number of nitrogens with one attached hydrogen (secondary N) is 1. The van der Waals surface area contributed by atoms with Gasteiger partial charge in [-0.2, -0.15) is 0 Å². The number of amides is 1. The Kier molecular flexibility index (Phi) is 7.39. The second-order valence-electron chi connectivity index (χ2n) is 2.34. The van der Waals surface area contributed by atoms with Gasteiger partial charge in [-0.25, -0.2) is 0 Å². The van der Waals surface area contributed by atoms with Crippen LogP contribution in [-0.4, -0.2) is 30.9 Å². The summed E-state index contributed by atoms with van der Waals surface area (Å²) in [4.78, 5) is 21.6. The largest absolute Gasteiger partial charge is 0.466 e. The minimum atomic E-state index is -0.298. The summed E-state index contributed by atoms with van der Waals surface area (Å²) >= 11 is 5.34. The van der Waals surface area contributed by atoms with Crippen LogP contribution in [-0.2, 0) is 14.3 Å². The first-order valence-electron chi connectivity index (χ1n) is 4.19. The van der Waals surface area contributed by atoms with Gasteiger partial charge >= 0.3 is 5.97 Å². The zero-order valence-electron chi connectivity index (χ0n) is 7.64. The maximum atomic E-state index is 10.8. The van der Waals surface area contributed by atoms with Gasteiger partial charge in [0.1, 0.15) is 0 Å². The van der Waals surface area contributed by atoms with Gasteiger partial charge in [-0.15, -0.1) is 11.6 Å². The number of rotatable bonds is 6. The molecule has 4 nitrogen and oxygen atoms in total. The Bertz CT molecular complexity index is 155. The van der Waals surface area contributed by atoms with Crippen LogP contribution >= 0.6 is 11.6 Å². The number of hydrogen-bond acceptors (Lipinski definition) is 3. The van der Waals surface area contributed by atoms with Gasteiger partial charge in [-0.1, -0.05) is 0 Å². The van der Waals surface area contributed by atoms with Crippen LogP contribution in [0.2, 0.25) is 0 Å². The molecule has 0 fully saturated rings. The van der Waals surface area contributed by atoms with Crippen LogP contribution in [0.25, 0.3) is 0 Å². The maximum Gasteiger partial charge on any atom is 0.307 e. The van der Waals surface area contributed by atoms with E-state index in [1.807, 2.05) is 0 Å². The van der Waals surface area contributed by atoms with E-state index in [2.05, 4.69) is 10.1 Å². The van der Waals surface area contributed by atoms with Crippen molar-refractivity contribution in [3.8, 4) is 0 Å². The van der Waals surface area contributed by atoms with E-state index in [4.69, 9.17) is 11.6 Å². The Morgan fingerprint density at radius 3 is 2.62 bits per heavy atom. The van der Waals surface area contributed by atoms with Gasteiger partial charge in [-0.05, 0) is 6.92 Å². The topological polar surface area (TPSA) is 55.4 Å². The molecule has 0 radical (unpaired) electrons. The molecule has 5 heteroatoms. The number of hydrogen-bond donors (Lipinski definition) is 1. The van der Waals surface area contributed by atoms with Gasteiger partial charge in [-0.3, -0.25) is 9.59 Å². The Labute approximate surface area is 82.6 Å². The number of ether oxygens (including phenoxy) is 1.